The Morgan fingerprint density at radius 1 is 1.47 bits per heavy atom. The van der Waals surface area contributed by atoms with E-state index in [1.165, 1.54) is 20.0 Å². The number of rotatable bonds is 4. The first-order valence-electron chi connectivity index (χ1n) is 6.43. The highest BCUT2D eigenvalue weighted by atomic mass is 32.2. The fourth-order valence-corrected chi connectivity index (χ4v) is 3.50. The van der Waals surface area contributed by atoms with Crippen LogP contribution in [0.4, 0.5) is 11.4 Å². The Morgan fingerprint density at radius 2 is 2.26 bits per heavy atom. The van der Waals surface area contributed by atoms with Crippen LogP contribution in [-0.2, 0) is 4.74 Å². The van der Waals surface area contributed by atoms with E-state index >= 15 is 0 Å². The van der Waals surface area contributed by atoms with Gasteiger partial charge in [0.25, 0.3) is 0 Å². The first-order chi connectivity index (χ1) is 9.17. The summed E-state index contributed by atoms with van der Waals surface area (Å²) in [7, 11) is 1.38. The van der Waals surface area contributed by atoms with Gasteiger partial charge in [-0.1, -0.05) is 12.5 Å². The molecule has 1 aliphatic rings. The van der Waals surface area contributed by atoms with Crippen molar-refractivity contribution in [1.82, 2.24) is 0 Å². The van der Waals surface area contributed by atoms with Gasteiger partial charge in [0.1, 0.15) is 0 Å². The van der Waals surface area contributed by atoms with Crippen LogP contribution in [0.15, 0.2) is 18.2 Å². The van der Waals surface area contributed by atoms with Crippen LogP contribution in [0.1, 0.15) is 29.6 Å². The third kappa shape index (κ3) is 2.97. The molecule has 0 amide bonds. The molecule has 0 spiro atoms. The summed E-state index contributed by atoms with van der Waals surface area (Å²) >= 11 is 1.87. The third-order valence-electron chi connectivity index (χ3n) is 3.59. The van der Waals surface area contributed by atoms with E-state index in [1.807, 2.05) is 11.8 Å². The average Bonchev–Trinajstić information content (AvgIpc) is 2.87. The lowest BCUT2D eigenvalue weighted by Gasteiger charge is -2.22. The number of nitrogen functional groups attached to an aromatic ring is 1. The molecule has 0 radical (unpaired) electrons. The van der Waals surface area contributed by atoms with E-state index in [-0.39, 0.29) is 5.97 Å². The molecule has 1 aliphatic carbocycles. The zero-order valence-electron chi connectivity index (χ0n) is 11.3. The number of carbonyl (C=O) groups excluding carboxylic acids is 1. The second-order valence-corrected chi connectivity index (χ2v) is 5.79. The van der Waals surface area contributed by atoms with Gasteiger partial charge in [-0.15, -0.1) is 0 Å². The Bertz CT molecular complexity index is 465. The van der Waals surface area contributed by atoms with E-state index in [4.69, 9.17) is 10.5 Å². The van der Waals surface area contributed by atoms with E-state index in [2.05, 4.69) is 11.6 Å². The molecular formula is C14H20N2O2S. The van der Waals surface area contributed by atoms with E-state index < -0.39 is 0 Å². The molecule has 1 saturated carbocycles. The first-order valence-corrected chi connectivity index (χ1v) is 7.72. The molecule has 0 bridgehead atoms. The molecule has 1 aromatic carbocycles. The van der Waals surface area contributed by atoms with Crippen molar-refractivity contribution in [3.05, 3.63) is 23.8 Å². The molecule has 1 aromatic rings. The van der Waals surface area contributed by atoms with Crippen LogP contribution < -0.4 is 11.1 Å². The predicted octanol–water partition coefficient (Wildman–Crippen LogP) is 2.75. The normalized spacial score (nSPS) is 22.2. The number of nitrogens with two attached hydrogens (primary N) is 1. The summed E-state index contributed by atoms with van der Waals surface area (Å²) in [6, 6.07) is 5.68. The van der Waals surface area contributed by atoms with Crippen LogP contribution in [0.25, 0.3) is 0 Å². The average molecular weight is 280 g/mol. The lowest BCUT2D eigenvalue weighted by atomic mass is 10.1. The largest absolute Gasteiger partial charge is 0.465 e. The zero-order valence-corrected chi connectivity index (χ0v) is 12.1. The maximum atomic E-state index is 11.8. The van der Waals surface area contributed by atoms with E-state index in [1.54, 1.807) is 18.2 Å². The van der Waals surface area contributed by atoms with Crippen LogP contribution in [0.3, 0.4) is 0 Å². The molecule has 4 nitrogen and oxygen atoms in total. The smallest absolute Gasteiger partial charge is 0.340 e. The van der Waals surface area contributed by atoms with E-state index in [0.29, 0.717) is 28.2 Å². The molecule has 3 N–H and O–H groups in total. The standard InChI is InChI=1S/C14H20N2O2S/c1-18-14(17)9-5-3-6-10(15)13(9)16-11-7-4-8-12(11)19-2/h3,5-6,11-12,16H,4,7-8,15H2,1-2H3. The number of anilines is 2. The highest BCUT2D eigenvalue weighted by Gasteiger charge is 2.28. The fourth-order valence-electron chi connectivity index (χ4n) is 2.57. The highest BCUT2D eigenvalue weighted by Crippen LogP contribution is 2.33. The van der Waals surface area contributed by atoms with Crippen molar-refractivity contribution in [2.45, 2.75) is 30.6 Å². The van der Waals surface area contributed by atoms with E-state index in [9.17, 15) is 4.79 Å². The molecular weight excluding hydrogens is 260 g/mol. The Balaban J connectivity index is 2.26. The summed E-state index contributed by atoms with van der Waals surface area (Å²) in [5, 5.41) is 4.02. The van der Waals surface area contributed by atoms with Crippen molar-refractivity contribution in [2.75, 3.05) is 24.4 Å². The monoisotopic (exact) mass is 280 g/mol. The van der Waals surface area contributed by atoms with Gasteiger partial charge in [0.15, 0.2) is 0 Å². The van der Waals surface area contributed by atoms with Gasteiger partial charge in [-0.05, 0) is 31.2 Å². The number of esters is 1. The number of carbonyl (C=O) groups is 1. The second kappa shape index (κ2) is 6.19. The van der Waals surface area contributed by atoms with Crippen LogP contribution in [0.2, 0.25) is 0 Å². The van der Waals surface area contributed by atoms with E-state index in [0.717, 1.165) is 6.42 Å². The lowest BCUT2D eigenvalue weighted by molar-refractivity contribution is 0.0602. The number of ether oxygens (including phenoxy) is 1. The first kappa shape index (κ1) is 14.1. The Morgan fingerprint density at radius 3 is 2.95 bits per heavy atom. The molecule has 2 unspecified atom stereocenters. The summed E-state index contributed by atoms with van der Waals surface area (Å²) in [5.74, 6) is -0.353. The summed E-state index contributed by atoms with van der Waals surface area (Å²) in [6.45, 7) is 0. The second-order valence-electron chi connectivity index (χ2n) is 4.72. The minimum Gasteiger partial charge on any atom is -0.465 e. The molecule has 0 aliphatic heterocycles. The lowest BCUT2D eigenvalue weighted by Crippen LogP contribution is -2.27. The number of thioether (sulfide) groups is 1. The minimum absolute atomic E-state index is 0.353. The van der Waals surface area contributed by atoms with Crippen LogP contribution in [0.5, 0.6) is 0 Å². The topological polar surface area (TPSA) is 64.3 Å². The van der Waals surface area contributed by atoms with Crippen molar-refractivity contribution in [1.29, 1.82) is 0 Å². The number of hydrogen-bond donors (Lipinski definition) is 2. The Labute approximate surface area is 118 Å². The summed E-state index contributed by atoms with van der Waals surface area (Å²) in [4.78, 5) is 11.8. The number of benzene rings is 1. The van der Waals surface area contributed by atoms with Crippen LogP contribution in [0, 0.1) is 0 Å². The van der Waals surface area contributed by atoms with Crippen LogP contribution in [-0.4, -0.2) is 30.6 Å². The van der Waals surface area contributed by atoms with Crippen LogP contribution >= 0.6 is 11.8 Å². The van der Waals surface area contributed by atoms with Gasteiger partial charge < -0.3 is 15.8 Å². The van der Waals surface area contributed by atoms with Gasteiger partial charge >= 0.3 is 5.97 Å². The fraction of sp³-hybridized carbons (Fsp3) is 0.500. The van der Waals surface area contributed by atoms with Crippen molar-refractivity contribution in [2.24, 2.45) is 0 Å². The number of methoxy groups -OCH3 is 1. The van der Waals surface area contributed by atoms with Crippen molar-refractivity contribution in [3.63, 3.8) is 0 Å². The molecule has 2 atom stereocenters. The Hall–Kier alpha value is -1.36. The van der Waals surface area contributed by atoms with Gasteiger partial charge in [-0.3, -0.25) is 0 Å². The van der Waals surface area contributed by atoms with Gasteiger partial charge in [0.05, 0.1) is 24.0 Å². The molecule has 0 aromatic heterocycles. The minimum atomic E-state index is -0.353. The van der Waals surface area contributed by atoms with Gasteiger partial charge in [0.2, 0.25) is 0 Å². The molecule has 0 heterocycles. The maximum absolute atomic E-state index is 11.8. The van der Waals surface area contributed by atoms with Gasteiger partial charge in [-0.25, -0.2) is 4.79 Å². The molecule has 19 heavy (non-hydrogen) atoms. The summed E-state index contributed by atoms with van der Waals surface area (Å²) < 4.78 is 4.81. The molecule has 0 saturated heterocycles. The summed E-state index contributed by atoms with van der Waals surface area (Å²) in [6.07, 6.45) is 5.66. The molecule has 5 heteroatoms. The summed E-state index contributed by atoms with van der Waals surface area (Å²) in [5.41, 5.74) is 7.81. The number of hydrogen-bond acceptors (Lipinski definition) is 5. The van der Waals surface area contributed by atoms with Gasteiger partial charge in [0, 0.05) is 11.3 Å². The third-order valence-corrected chi connectivity index (χ3v) is 4.76. The zero-order chi connectivity index (χ0) is 13.8. The van der Waals surface area contributed by atoms with Crippen molar-refractivity contribution >= 4 is 29.1 Å². The highest BCUT2D eigenvalue weighted by molar-refractivity contribution is 7.99. The predicted molar refractivity (Wildman–Crippen MR) is 80.8 cm³/mol. The number of para-hydroxylation sites is 1. The van der Waals surface area contributed by atoms with Gasteiger partial charge in [-0.2, -0.15) is 11.8 Å². The SMILES string of the molecule is COC(=O)c1cccc(N)c1NC1CCCC1SC. The number of nitrogens with one attached hydrogen (secondary N) is 1. The molecule has 2 rings (SSSR count). The van der Waals surface area contributed by atoms with Crippen molar-refractivity contribution < 1.29 is 9.53 Å². The Kier molecular flexibility index (Phi) is 4.58. The quantitative estimate of drug-likeness (QED) is 0.656. The molecule has 104 valence electrons. The van der Waals surface area contributed by atoms with Crippen molar-refractivity contribution in [3.8, 4) is 0 Å². The maximum Gasteiger partial charge on any atom is 0.340 e. The molecule has 1 fully saturated rings.